The van der Waals surface area contributed by atoms with E-state index in [1.165, 1.54) is 38.1 Å². The van der Waals surface area contributed by atoms with E-state index in [0.717, 1.165) is 0 Å². The van der Waals surface area contributed by atoms with Crippen molar-refractivity contribution in [3.05, 3.63) is 94.5 Å². The number of carbonyl (C=O) groups is 3. The van der Waals surface area contributed by atoms with Gasteiger partial charge in [-0.3, -0.25) is 9.59 Å². The van der Waals surface area contributed by atoms with Gasteiger partial charge in [0.05, 0.1) is 0 Å². The molecule has 8 heteroatoms. The maximum absolute atomic E-state index is 12.8. The first-order valence-electron chi connectivity index (χ1n) is 9.99. The molecule has 0 saturated carbocycles. The Balaban J connectivity index is 1.70. The van der Waals surface area contributed by atoms with E-state index in [-0.39, 0.29) is 11.5 Å². The maximum atomic E-state index is 12.8. The third-order valence-electron chi connectivity index (χ3n) is 4.89. The van der Waals surface area contributed by atoms with Crippen LogP contribution in [0.1, 0.15) is 41.4 Å². The summed E-state index contributed by atoms with van der Waals surface area (Å²) in [7, 11) is 0. The standard InChI is InChI=1S/C25H22ClNO6/c1-25(2,24(32)27-21(23(30)31)15-5-11-19(28)12-6-15)33-20-13-7-17(8-14-20)22(29)16-3-9-18(26)10-4-16/h3-14,21,28H,1-2H3,(H,27,32)(H,30,31). The van der Waals surface area contributed by atoms with E-state index >= 15 is 0 Å². The molecule has 0 heterocycles. The van der Waals surface area contributed by atoms with Crippen LogP contribution in [0.15, 0.2) is 72.8 Å². The van der Waals surface area contributed by atoms with E-state index in [2.05, 4.69) is 5.32 Å². The Bertz CT molecular complexity index is 1160. The number of phenolic OH excluding ortho intramolecular Hbond substituents is 1. The highest BCUT2D eigenvalue weighted by Gasteiger charge is 2.34. The molecule has 0 aromatic heterocycles. The van der Waals surface area contributed by atoms with Gasteiger partial charge in [-0.05, 0) is 80.1 Å². The minimum absolute atomic E-state index is 0.0177. The SMILES string of the molecule is CC(C)(Oc1ccc(C(=O)c2ccc(Cl)cc2)cc1)C(=O)NC(C(=O)O)c1ccc(O)cc1. The smallest absolute Gasteiger partial charge is 0.330 e. The van der Waals surface area contributed by atoms with Crippen LogP contribution in [0.4, 0.5) is 0 Å². The van der Waals surface area contributed by atoms with Crippen LogP contribution in [0.5, 0.6) is 11.5 Å². The van der Waals surface area contributed by atoms with Gasteiger partial charge in [0.25, 0.3) is 5.91 Å². The number of halogens is 1. The number of ether oxygens (including phenoxy) is 1. The predicted molar refractivity (Wildman–Crippen MR) is 123 cm³/mol. The highest BCUT2D eigenvalue weighted by Crippen LogP contribution is 2.23. The number of hydrogen-bond acceptors (Lipinski definition) is 5. The number of carboxylic acid groups (broad SMARTS) is 1. The number of aromatic hydroxyl groups is 1. The number of ketones is 1. The van der Waals surface area contributed by atoms with Crippen LogP contribution in [-0.4, -0.2) is 33.5 Å². The quantitative estimate of drug-likeness (QED) is 0.424. The number of rotatable bonds is 8. The third-order valence-corrected chi connectivity index (χ3v) is 5.14. The second-order valence-electron chi connectivity index (χ2n) is 7.81. The summed E-state index contributed by atoms with van der Waals surface area (Å²) in [5.41, 5.74) is -0.187. The van der Waals surface area contributed by atoms with E-state index in [0.29, 0.717) is 27.5 Å². The molecule has 33 heavy (non-hydrogen) atoms. The summed E-state index contributed by atoms with van der Waals surface area (Å²) in [6, 6.07) is 17.0. The summed E-state index contributed by atoms with van der Waals surface area (Å²) >= 11 is 5.86. The van der Waals surface area contributed by atoms with Crippen molar-refractivity contribution >= 4 is 29.3 Å². The van der Waals surface area contributed by atoms with Gasteiger partial charge in [0.2, 0.25) is 0 Å². The van der Waals surface area contributed by atoms with Crippen molar-refractivity contribution < 1.29 is 29.3 Å². The van der Waals surface area contributed by atoms with Gasteiger partial charge < -0.3 is 20.3 Å². The molecular formula is C25H22ClNO6. The fourth-order valence-corrected chi connectivity index (χ4v) is 3.17. The molecule has 0 aliphatic carbocycles. The molecule has 1 unspecified atom stereocenters. The molecule has 3 rings (SSSR count). The molecule has 0 aliphatic heterocycles. The Morgan fingerprint density at radius 2 is 1.39 bits per heavy atom. The van der Waals surface area contributed by atoms with Crippen LogP contribution < -0.4 is 10.1 Å². The van der Waals surface area contributed by atoms with Gasteiger partial charge >= 0.3 is 5.97 Å². The molecule has 0 saturated heterocycles. The molecule has 1 atom stereocenters. The van der Waals surface area contributed by atoms with Crippen LogP contribution in [0.2, 0.25) is 5.02 Å². The molecule has 0 bridgehead atoms. The second kappa shape index (κ2) is 9.75. The summed E-state index contributed by atoms with van der Waals surface area (Å²) < 4.78 is 5.78. The number of carbonyl (C=O) groups excluding carboxylic acids is 2. The van der Waals surface area contributed by atoms with Crippen molar-refractivity contribution in [3.8, 4) is 11.5 Å². The van der Waals surface area contributed by atoms with Gasteiger partial charge in [0.15, 0.2) is 17.4 Å². The minimum atomic E-state index is -1.41. The molecule has 0 aliphatic rings. The molecule has 3 aromatic carbocycles. The fraction of sp³-hybridized carbons (Fsp3) is 0.160. The number of hydrogen-bond donors (Lipinski definition) is 3. The molecule has 1 amide bonds. The first kappa shape index (κ1) is 23.8. The number of benzene rings is 3. The van der Waals surface area contributed by atoms with Gasteiger partial charge in [-0.1, -0.05) is 23.7 Å². The molecule has 170 valence electrons. The Labute approximate surface area is 195 Å². The van der Waals surface area contributed by atoms with Gasteiger partial charge in [-0.15, -0.1) is 0 Å². The summed E-state index contributed by atoms with van der Waals surface area (Å²) in [6.45, 7) is 3.01. The predicted octanol–water partition coefficient (Wildman–Crippen LogP) is 4.38. The molecule has 3 aromatic rings. The summed E-state index contributed by atoms with van der Waals surface area (Å²) in [5.74, 6) is -1.78. The average Bonchev–Trinajstić information content (AvgIpc) is 2.78. The summed E-state index contributed by atoms with van der Waals surface area (Å²) in [4.78, 5) is 37.1. The molecule has 0 radical (unpaired) electrons. The van der Waals surface area contributed by atoms with Crippen LogP contribution >= 0.6 is 11.6 Å². The molecule has 0 spiro atoms. The van der Waals surface area contributed by atoms with Crippen molar-refractivity contribution in [2.24, 2.45) is 0 Å². The zero-order chi connectivity index (χ0) is 24.2. The number of nitrogens with one attached hydrogen (secondary N) is 1. The summed E-state index contributed by atoms with van der Waals surface area (Å²) in [5, 5.41) is 21.9. The molecule has 3 N–H and O–H groups in total. The molecule has 7 nitrogen and oxygen atoms in total. The van der Waals surface area contributed by atoms with Crippen molar-refractivity contribution in [1.29, 1.82) is 0 Å². The second-order valence-corrected chi connectivity index (χ2v) is 8.25. The van der Waals surface area contributed by atoms with Gasteiger partial charge in [0.1, 0.15) is 11.5 Å². The molecule has 0 fully saturated rings. The first-order chi connectivity index (χ1) is 15.6. The number of phenols is 1. The lowest BCUT2D eigenvalue weighted by atomic mass is 10.0. The summed E-state index contributed by atoms with van der Waals surface area (Å²) in [6.07, 6.45) is 0. The average molecular weight is 468 g/mol. The van der Waals surface area contributed by atoms with Crippen LogP contribution in [0, 0.1) is 0 Å². The lowest BCUT2D eigenvalue weighted by molar-refractivity contribution is -0.145. The topological polar surface area (TPSA) is 113 Å². The Kier molecular flexibility index (Phi) is 7.04. The zero-order valence-electron chi connectivity index (χ0n) is 17.9. The molecular weight excluding hydrogens is 446 g/mol. The van der Waals surface area contributed by atoms with Gasteiger partial charge in [0, 0.05) is 16.1 Å². The third kappa shape index (κ3) is 5.90. The van der Waals surface area contributed by atoms with Crippen molar-refractivity contribution in [2.45, 2.75) is 25.5 Å². The van der Waals surface area contributed by atoms with E-state index in [9.17, 15) is 24.6 Å². The number of carboxylic acids is 1. The van der Waals surface area contributed by atoms with Crippen LogP contribution in [-0.2, 0) is 9.59 Å². The Morgan fingerprint density at radius 3 is 1.91 bits per heavy atom. The Morgan fingerprint density at radius 1 is 0.879 bits per heavy atom. The van der Waals surface area contributed by atoms with Crippen molar-refractivity contribution in [1.82, 2.24) is 5.32 Å². The lowest BCUT2D eigenvalue weighted by Gasteiger charge is -2.27. The highest BCUT2D eigenvalue weighted by atomic mass is 35.5. The fourth-order valence-electron chi connectivity index (χ4n) is 3.04. The van der Waals surface area contributed by atoms with Crippen molar-refractivity contribution in [3.63, 3.8) is 0 Å². The highest BCUT2D eigenvalue weighted by molar-refractivity contribution is 6.30. The van der Waals surface area contributed by atoms with Crippen LogP contribution in [0.25, 0.3) is 0 Å². The first-order valence-corrected chi connectivity index (χ1v) is 10.4. The maximum Gasteiger partial charge on any atom is 0.330 e. The van der Waals surface area contributed by atoms with Crippen molar-refractivity contribution in [2.75, 3.05) is 0 Å². The lowest BCUT2D eigenvalue weighted by Crippen LogP contribution is -2.49. The Hall–Kier alpha value is -3.84. The van der Waals surface area contributed by atoms with Crippen LogP contribution in [0.3, 0.4) is 0 Å². The zero-order valence-corrected chi connectivity index (χ0v) is 18.7. The minimum Gasteiger partial charge on any atom is -0.508 e. The largest absolute Gasteiger partial charge is 0.508 e. The number of amides is 1. The normalized spacial score (nSPS) is 12.0. The number of aliphatic carboxylic acids is 1. The van der Waals surface area contributed by atoms with E-state index in [4.69, 9.17) is 16.3 Å². The van der Waals surface area contributed by atoms with E-state index in [1.54, 1.807) is 48.5 Å². The van der Waals surface area contributed by atoms with Gasteiger partial charge in [-0.25, -0.2) is 4.79 Å². The monoisotopic (exact) mass is 467 g/mol. The van der Waals surface area contributed by atoms with Gasteiger partial charge in [-0.2, -0.15) is 0 Å². The van der Waals surface area contributed by atoms with E-state index in [1.807, 2.05) is 0 Å². The van der Waals surface area contributed by atoms with E-state index < -0.39 is 23.5 Å².